The van der Waals surface area contributed by atoms with E-state index >= 15 is 0 Å². The second-order valence-electron chi connectivity index (χ2n) is 6.41. The Morgan fingerprint density at radius 2 is 1.67 bits per heavy atom. The van der Waals surface area contributed by atoms with Gasteiger partial charge in [0.25, 0.3) is 0 Å². The van der Waals surface area contributed by atoms with Gasteiger partial charge in [0.05, 0.1) is 13.2 Å². The number of aryl methyl sites for hydroxylation is 1. The maximum absolute atomic E-state index is 13.0. The van der Waals surface area contributed by atoms with Crippen LogP contribution in [0.2, 0.25) is 0 Å². The molecule has 140 valence electrons. The number of benzene rings is 2. The highest BCUT2D eigenvalue weighted by atomic mass is 79.9. The van der Waals surface area contributed by atoms with Crippen molar-refractivity contribution in [3.63, 3.8) is 0 Å². The van der Waals surface area contributed by atoms with Crippen LogP contribution < -0.4 is 4.90 Å². The molecule has 1 heterocycles. The zero-order chi connectivity index (χ0) is 19.7. The number of hydrogen-bond donors (Lipinski definition) is 1. The molecule has 2 aromatic carbocycles. The summed E-state index contributed by atoms with van der Waals surface area (Å²) in [7, 11) is 1.19. The van der Waals surface area contributed by atoms with E-state index in [1.165, 1.54) is 12.0 Å². The van der Waals surface area contributed by atoms with E-state index in [1.54, 1.807) is 36.4 Å². The van der Waals surface area contributed by atoms with Gasteiger partial charge >= 0.3 is 11.9 Å². The topological polar surface area (TPSA) is 83.9 Å². The zero-order valence-electron chi connectivity index (χ0n) is 14.8. The van der Waals surface area contributed by atoms with Gasteiger partial charge in [0.2, 0.25) is 5.91 Å². The van der Waals surface area contributed by atoms with Crippen LogP contribution in [0.5, 0.6) is 0 Å². The van der Waals surface area contributed by atoms with Crippen molar-refractivity contribution in [2.75, 3.05) is 12.0 Å². The molecule has 6 nitrogen and oxygen atoms in total. The van der Waals surface area contributed by atoms with Crippen molar-refractivity contribution in [1.29, 1.82) is 0 Å². The Kier molecular flexibility index (Phi) is 5.32. The summed E-state index contributed by atoms with van der Waals surface area (Å²) in [6.45, 7) is 1.92. The maximum Gasteiger partial charge on any atom is 0.317 e. The van der Waals surface area contributed by atoms with E-state index in [4.69, 9.17) is 4.74 Å². The summed E-state index contributed by atoms with van der Waals surface area (Å²) in [4.78, 5) is 38.8. The molecular formula is C20H18BrNO5. The summed E-state index contributed by atoms with van der Waals surface area (Å²) in [6, 6.07) is 13.5. The van der Waals surface area contributed by atoms with E-state index in [2.05, 4.69) is 15.9 Å². The number of hydrogen-bond acceptors (Lipinski definition) is 4. The molecule has 1 aliphatic rings. The fourth-order valence-electron chi connectivity index (χ4n) is 3.45. The van der Waals surface area contributed by atoms with E-state index in [0.717, 1.165) is 10.0 Å². The summed E-state index contributed by atoms with van der Waals surface area (Å²) < 4.78 is 5.68. The first-order valence-electron chi connectivity index (χ1n) is 8.31. The average molecular weight is 432 g/mol. The van der Waals surface area contributed by atoms with Gasteiger partial charge in [-0.25, -0.2) is 0 Å². The summed E-state index contributed by atoms with van der Waals surface area (Å²) >= 11 is 3.35. The summed E-state index contributed by atoms with van der Waals surface area (Å²) in [5.74, 6) is -5.35. The molecule has 0 unspecified atom stereocenters. The van der Waals surface area contributed by atoms with E-state index in [-0.39, 0.29) is 0 Å². The quantitative estimate of drug-likeness (QED) is 0.592. The predicted octanol–water partition coefficient (Wildman–Crippen LogP) is 3.34. The van der Waals surface area contributed by atoms with E-state index < -0.39 is 35.7 Å². The van der Waals surface area contributed by atoms with Gasteiger partial charge in [-0.05, 0) is 36.8 Å². The number of ether oxygens (including phenoxy) is 1. The molecule has 0 aliphatic carbocycles. The molecule has 7 heteroatoms. The van der Waals surface area contributed by atoms with Crippen LogP contribution in [0.25, 0.3) is 0 Å². The van der Waals surface area contributed by atoms with Crippen LogP contribution in [0.4, 0.5) is 5.69 Å². The Morgan fingerprint density at radius 1 is 1.07 bits per heavy atom. The van der Waals surface area contributed by atoms with Crippen molar-refractivity contribution in [3.05, 3.63) is 64.1 Å². The van der Waals surface area contributed by atoms with Crippen molar-refractivity contribution < 1.29 is 24.2 Å². The van der Waals surface area contributed by atoms with Gasteiger partial charge in [-0.15, -0.1) is 0 Å². The highest BCUT2D eigenvalue weighted by Gasteiger charge is 2.56. The van der Waals surface area contributed by atoms with Crippen LogP contribution in [0.15, 0.2) is 53.0 Å². The van der Waals surface area contributed by atoms with E-state index in [9.17, 15) is 19.5 Å². The molecule has 0 bridgehead atoms. The minimum Gasteiger partial charge on any atom is -0.481 e. The van der Waals surface area contributed by atoms with Crippen LogP contribution in [0, 0.1) is 18.8 Å². The molecule has 27 heavy (non-hydrogen) atoms. The number of methoxy groups -OCH3 is 1. The Bertz CT molecular complexity index is 878. The van der Waals surface area contributed by atoms with Crippen LogP contribution in [0.1, 0.15) is 17.2 Å². The van der Waals surface area contributed by atoms with Gasteiger partial charge in [-0.1, -0.05) is 45.8 Å². The lowest BCUT2D eigenvalue weighted by atomic mass is 9.86. The summed E-state index contributed by atoms with van der Waals surface area (Å²) in [6.07, 6.45) is 0. The largest absolute Gasteiger partial charge is 0.481 e. The Hall–Kier alpha value is -2.67. The molecular weight excluding hydrogens is 414 g/mol. The number of carboxylic acids is 1. The molecule has 1 saturated heterocycles. The third-order valence-electron chi connectivity index (χ3n) is 4.74. The number of carbonyl (C=O) groups excluding carboxylic acids is 2. The standard InChI is InChI=1S/C20H18BrNO5/c1-11-3-5-12(6-4-11)17-15(20(26)27-2)16(19(24)25)18(23)22(17)14-9-7-13(21)8-10-14/h3-10,15-17H,1-2H3,(H,24,25)/t15-,16-,17+/m0/s1. The van der Waals surface area contributed by atoms with E-state index in [1.807, 2.05) is 19.1 Å². The van der Waals surface area contributed by atoms with Crippen molar-refractivity contribution in [2.45, 2.75) is 13.0 Å². The molecule has 1 N–H and O–H groups in total. The number of amides is 1. The Labute approximate surface area is 164 Å². The molecule has 1 aliphatic heterocycles. The second kappa shape index (κ2) is 7.52. The van der Waals surface area contributed by atoms with Crippen molar-refractivity contribution >= 4 is 39.5 Å². The average Bonchev–Trinajstić information content (AvgIpc) is 2.95. The molecule has 0 aromatic heterocycles. The number of halogens is 1. The lowest BCUT2D eigenvalue weighted by molar-refractivity contribution is -0.156. The normalized spacial score (nSPS) is 22.0. The fourth-order valence-corrected chi connectivity index (χ4v) is 3.72. The number of rotatable bonds is 4. The molecule has 3 rings (SSSR count). The molecule has 2 aromatic rings. The summed E-state index contributed by atoms with van der Waals surface area (Å²) in [5.41, 5.74) is 2.21. The number of esters is 1. The lowest BCUT2D eigenvalue weighted by Gasteiger charge is -2.28. The first-order chi connectivity index (χ1) is 12.8. The molecule has 0 saturated carbocycles. The van der Waals surface area contributed by atoms with Crippen molar-refractivity contribution in [2.24, 2.45) is 11.8 Å². The van der Waals surface area contributed by atoms with Crippen molar-refractivity contribution in [1.82, 2.24) is 0 Å². The van der Waals surface area contributed by atoms with Gasteiger partial charge < -0.3 is 14.7 Å². The predicted molar refractivity (Wildman–Crippen MR) is 102 cm³/mol. The molecule has 1 amide bonds. The molecule has 3 atom stereocenters. The summed E-state index contributed by atoms with van der Waals surface area (Å²) in [5, 5.41) is 9.65. The maximum atomic E-state index is 13.0. The van der Waals surface area contributed by atoms with E-state index in [0.29, 0.717) is 11.3 Å². The fraction of sp³-hybridized carbons (Fsp3) is 0.250. The van der Waals surface area contributed by atoms with Gasteiger partial charge in [-0.3, -0.25) is 14.4 Å². The smallest absolute Gasteiger partial charge is 0.317 e. The zero-order valence-corrected chi connectivity index (χ0v) is 16.3. The minimum atomic E-state index is -1.51. The Morgan fingerprint density at radius 3 is 2.19 bits per heavy atom. The van der Waals surface area contributed by atoms with Gasteiger partial charge in [-0.2, -0.15) is 0 Å². The highest BCUT2D eigenvalue weighted by Crippen LogP contribution is 2.45. The monoisotopic (exact) mass is 431 g/mol. The van der Waals surface area contributed by atoms with Gasteiger partial charge in [0, 0.05) is 10.2 Å². The molecule has 0 spiro atoms. The first-order valence-corrected chi connectivity index (χ1v) is 9.10. The number of aliphatic carboxylic acids is 1. The van der Waals surface area contributed by atoms with Gasteiger partial charge in [0.1, 0.15) is 5.92 Å². The third kappa shape index (κ3) is 3.47. The van der Waals surface area contributed by atoms with Crippen molar-refractivity contribution in [3.8, 4) is 0 Å². The van der Waals surface area contributed by atoms with Crippen LogP contribution >= 0.6 is 15.9 Å². The number of anilines is 1. The Balaban J connectivity index is 2.19. The van der Waals surface area contributed by atoms with Crippen LogP contribution in [-0.4, -0.2) is 30.1 Å². The number of carboxylic acid groups (broad SMARTS) is 1. The lowest BCUT2D eigenvalue weighted by Crippen LogP contribution is -2.32. The highest BCUT2D eigenvalue weighted by molar-refractivity contribution is 9.10. The molecule has 0 radical (unpaired) electrons. The SMILES string of the molecule is COC(=O)[C@H]1[C@H](C(=O)O)C(=O)N(c2ccc(Br)cc2)[C@@H]1c1ccc(C)cc1. The minimum absolute atomic E-state index is 0.520. The van der Waals surface area contributed by atoms with Crippen LogP contribution in [-0.2, 0) is 19.1 Å². The first kappa shape index (κ1) is 19.1. The third-order valence-corrected chi connectivity index (χ3v) is 5.27. The second-order valence-corrected chi connectivity index (χ2v) is 7.32. The number of carbonyl (C=O) groups is 3. The van der Waals surface area contributed by atoms with Crippen LogP contribution in [0.3, 0.4) is 0 Å². The number of nitrogens with zero attached hydrogens (tertiary/aromatic N) is 1. The molecule has 1 fully saturated rings. The van der Waals surface area contributed by atoms with Gasteiger partial charge in [0.15, 0.2) is 5.92 Å².